The van der Waals surface area contributed by atoms with E-state index in [0.29, 0.717) is 0 Å². The van der Waals surface area contributed by atoms with Crippen LogP contribution in [0.5, 0.6) is 0 Å². The molecular weight excluding hydrogens is 142 g/mol. The van der Waals surface area contributed by atoms with Gasteiger partial charge < -0.3 is 15.2 Å². The lowest BCUT2D eigenvalue weighted by molar-refractivity contribution is 0.192. The molecule has 0 rings (SSSR count). The Morgan fingerprint density at radius 3 is 2.55 bits per heavy atom. The maximum atomic E-state index is 8.45. The van der Waals surface area contributed by atoms with Crippen molar-refractivity contribution in [2.45, 2.75) is 19.3 Å². The fourth-order valence-corrected chi connectivity index (χ4v) is 0.825. The molecule has 0 aromatic carbocycles. The van der Waals surface area contributed by atoms with E-state index in [1.165, 1.54) is 0 Å². The molecule has 0 aromatic rings. The number of nitrogens with one attached hydrogen (secondary N) is 1. The van der Waals surface area contributed by atoms with Gasteiger partial charge in [0.25, 0.3) is 0 Å². The average molecular weight is 161 g/mol. The van der Waals surface area contributed by atoms with E-state index in [-0.39, 0.29) is 6.61 Å². The van der Waals surface area contributed by atoms with Gasteiger partial charge in [-0.15, -0.1) is 0 Å². The predicted molar refractivity (Wildman–Crippen MR) is 45.7 cm³/mol. The molecule has 11 heavy (non-hydrogen) atoms. The lowest BCUT2D eigenvalue weighted by Gasteiger charge is -2.02. The summed E-state index contributed by atoms with van der Waals surface area (Å²) in [6.45, 7) is 3.08. The van der Waals surface area contributed by atoms with Crippen LogP contribution in [-0.2, 0) is 4.74 Å². The minimum atomic E-state index is 0.283. The molecule has 0 atom stereocenters. The van der Waals surface area contributed by atoms with Crippen LogP contribution in [0, 0.1) is 0 Å². The molecular formula is C8H19NO2. The van der Waals surface area contributed by atoms with Crippen LogP contribution in [0.4, 0.5) is 0 Å². The fraction of sp³-hybridized carbons (Fsp3) is 1.00. The summed E-state index contributed by atoms with van der Waals surface area (Å²) in [5.41, 5.74) is 0. The first-order valence-electron chi connectivity index (χ1n) is 4.22. The van der Waals surface area contributed by atoms with Crippen LogP contribution >= 0.6 is 0 Å². The van der Waals surface area contributed by atoms with Gasteiger partial charge in [-0.1, -0.05) is 0 Å². The topological polar surface area (TPSA) is 41.5 Å². The molecule has 0 amide bonds. The van der Waals surface area contributed by atoms with Crippen molar-refractivity contribution in [2.24, 2.45) is 0 Å². The number of aliphatic hydroxyl groups is 1. The smallest absolute Gasteiger partial charge is 0.0462 e. The van der Waals surface area contributed by atoms with Gasteiger partial charge in [-0.2, -0.15) is 0 Å². The summed E-state index contributed by atoms with van der Waals surface area (Å²) in [5.74, 6) is 0. The monoisotopic (exact) mass is 161 g/mol. The van der Waals surface area contributed by atoms with Crippen molar-refractivity contribution in [1.29, 1.82) is 0 Å². The van der Waals surface area contributed by atoms with Crippen LogP contribution in [0.2, 0.25) is 0 Å². The molecule has 0 aliphatic rings. The van der Waals surface area contributed by atoms with Crippen molar-refractivity contribution in [3.63, 3.8) is 0 Å². The second kappa shape index (κ2) is 9.88. The van der Waals surface area contributed by atoms with Crippen molar-refractivity contribution in [3.8, 4) is 0 Å². The molecule has 0 radical (unpaired) electrons. The number of rotatable bonds is 8. The van der Waals surface area contributed by atoms with Crippen molar-refractivity contribution < 1.29 is 9.84 Å². The second-order valence-electron chi connectivity index (χ2n) is 2.53. The van der Waals surface area contributed by atoms with Gasteiger partial charge in [0, 0.05) is 20.3 Å². The highest BCUT2D eigenvalue weighted by Gasteiger charge is 1.87. The average Bonchev–Trinajstić information content (AvgIpc) is 2.03. The minimum Gasteiger partial charge on any atom is -0.396 e. The van der Waals surface area contributed by atoms with Gasteiger partial charge in [0.15, 0.2) is 0 Å². The molecule has 0 spiro atoms. The summed E-state index contributed by atoms with van der Waals surface area (Å²) in [7, 11) is 1.72. The number of hydrogen-bond acceptors (Lipinski definition) is 3. The number of hydrogen-bond donors (Lipinski definition) is 2. The Hall–Kier alpha value is -0.120. The van der Waals surface area contributed by atoms with Gasteiger partial charge in [0.05, 0.1) is 0 Å². The standard InChI is InChI=1S/C8H19NO2/c1-11-8-3-2-5-9-6-4-7-10/h9-10H,2-8H2,1H3. The van der Waals surface area contributed by atoms with Gasteiger partial charge in [0.2, 0.25) is 0 Å². The van der Waals surface area contributed by atoms with E-state index in [1.54, 1.807) is 7.11 Å². The van der Waals surface area contributed by atoms with E-state index in [4.69, 9.17) is 9.84 Å². The Kier molecular flexibility index (Phi) is 9.77. The van der Waals surface area contributed by atoms with E-state index >= 15 is 0 Å². The lowest BCUT2D eigenvalue weighted by Crippen LogP contribution is -2.17. The third kappa shape index (κ3) is 9.88. The van der Waals surface area contributed by atoms with Gasteiger partial charge in [0.1, 0.15) is 0 Å². The van der Waals surface area contributed by atoms with Crippen LogP contribution < -0.4 is 5.32 Å². The molecule has 2 N–H and O–H groups in total. The SMILES string of the molecule is COCCCCNCCCO. The molecule has 68 valence electrons. The minimum absolute atomic E-state index is 0.283. The molecule has 0 heterocycles. The first-order chi connectivity index (χ1) is 5.41. The van der Waals surface area contributed by atoms with Gasteiger partial charge >= 0.3 is 0 Å². The zero-order chi connectivity index (χ0) is 8.36. The molecule has 0 aliphatic heterocycles. The molecule has 0 saturated carbocycles. The third-order valence-electron chi connectivity index (χ3n) is 1.46. The van der Waals surface area contributed by atoms with Crippen molar-refractivity contribution >= 4 is 0 Å². The number of ether oxygens (including phenoxy) is 1. The number of aliphatic hydroxyl groups excluding tert-OH is 1. The Morgan fingerprint density at radius 1 is 1.18 bits per heavy atom. The fourth-order valence-electron chi connectivity index (χ4n) is 0.825. The van der Waals surface area contributed by atoms with Crippen LogP contribution in [0.1, 0.15) is 19.3 Å². The highest BCUT2D eigenvalue weighted by molar-refractivity contribution is 4.47. The summed E-state index contributed by atoms with van der Waals surface area (Å²) in [5, 5.41) is 11.7. The molecule has 0 unspecified atom stereocenters. The predicted octanol–water partition coefficient (Wildman–Crippen LogP) is 0.385. The van der Waals surface area contributed by atoms with Crippen LogP contribution in [0.15, 0.2) is 0 Å². The number of methoxy groups -OCH3 is 1. The van der Waals surface area contributed by atoms with Crippen molar-refractivity contribution in [2.75, 3.05) is 33.4 Å². The Morgan fingerprint density at radius 2 is 1.91 bits per heavy atom. The highest BCUT2D eigenvalue weighted by atomic mass is 16.5. The quantitative estimate of drug-likeness (QED) is 0.506. The Bertz CT molecular complexity index is 61.1. The maximum Gasteiger partial charge on any atom is 0.0462 e. The normalized spacial score (nSPS) is 10.4. The van der Waals surface area contributed by atoms with E-state index in [2.05, 4.69) is 5.32 Å². The number of unbranched alkanes of at least 4 members (excludes halogenated alkanes) is 1. The second-order valence-corrected chi connectivity index (χ2v) is 2.53. The van der Waals surface area contributed by atoms with E-state index in [9.17, 15) is 0 Å². The molecule has 0 aromatic heterocycles. The van der Waals surface area contributed by atoms with Crippen molar-refractivity contribution in [3.05, 3.63) is 0 Å². The summed E-state index contributed by atoms with van der Waals surface area (Å²) in [6.07, 6.45) is 3.12. The maximum absolute atomic E-state index is 8.45. The summed E-state index contributed by atoms with van der Waals surface area (Å²) in [4.78, 5) is 0. The van der Waals surface area contributed by atoms with E-state index in [0.717, 1.165) is 39.0 Å². The third-order valence-corrected chi connectivity index (χ3v) is 1.46. The first kappa shape index (κ1) is 10.9. The van der Waals surface area contributed by atoms with Crippen molar-refractivity contribution in [1.82, 2.24) is 5.32 Å². The molecule has 3 heteroatoms. The first-order valence-corrected chi connectivity index (χ1v) is 4.22. The van der Waals surface area contributed by atoms with Gasteiger partial charge in [-0.3, -0.25) is 0 Å². The summed E-state index contributed by atoms with van der Waals surface area (Å²) >= 11 is 0. The zero-order valence-electron chi connectivity index (χ0n) is 7.31. The van der Waals surface area contributed by atoms with Crippen LogP contribution in [0.3, 0.4) is 0 Å². The summed E-state index contributed by atoms with van der Waals surface area (Å²) < 4.78 is 4.90. The van der Waals surface area contributed by atoms with Gasteiger partial charge in [-0.25, -0.2) is 0 Å². The molecule has 0 fully saturated rings. The van der Waals surface area contributed by atoms with Crippen LogP contribution in [0.25, 0.3) is 0 Å². The summed E-state index contributed by atoms with van der Waals surface area (Å²) in [6, 6.07) is 0. The van der Waals surface area contributed by atoms with Crippen LogP contribution in [-0.4, -0.2) is 38.5 Å². The molecule has 0 saturated heterocycles. The lowest BCUT2D eigenvalue weighted by atomic mass is 10.3. The largest absolute Gasteiger partial charge is 0.396 e. The molecule has 0 aliphatic carbocycles. The molecule has 3 nitrogen and oxygen atoms in total. The Labute approximate surface area is 68.8 Å². The zero-order valence-corrected chi connectivity index (χ0v) is 7.31. The molecule has 0 bridgehead atoms. The van der Waals surface area contributed by atoms with Gasteiger partial charge in [-0.05, 0) is 32.4 Å². The highest BCUT2D eigenvalue weighted by Crippen LogP contribution is 1.86. The Balaban J connectivity index is 2.69. The van der Waals surface area contributed by atoms with E-state index < -0.39 is 0 Å². The van der Waals surface area contributed by atoms with E-state index in [1.807, 2.05) is 0 Å².